The van der Waals surface area contributed by atoms with Gasteiger partial charge in [-0.2, -0.15) is 5.10 Å². The van der Waals surface area contributed by atoms with Crippen molar-refractivity contribution in [2.24, 2.45) is 5.10 Å². The van der Waals surface area contributed by atoms with Gasteiger partial charge in [-0.1, -0.05) is 42.5 Å². The van der Waals surface area contributed by atoms with Crippen molar-refractivity contribution in [3.63, 3.8) is 0 Å². The van der Waals surface area contributed by atoms with E-state index in [1.165, 1.54) is 18.3 Å². The summed E-state index contributed by atoms with van der Waals surface area (Å²) in [6, 6.07) is 15.2. The maximum Gasteiger partial charge on any atom is 0.335 e. The number of hydrogen-bond acceptors (Lipinski definition) is 6. The number of rotatable bonds is 5. The number of nitrogens with one attached hydrogen (secondary N) is 2. The number of aromatic carboxylic acids is 1. The molecule has 0 radical (unpaired) electrons. The van der Waals surface area contributed by atoms with Gasteiger partial charge in [0.1, 0.15) is 0 Å². The highest BCUT2D eigenvalue weighted by Crippen LogP contribution is 2.10. The second-order valence-corrected chi connectivity index (χ2v) is 5.01. The van der Waals surface area contributed by atoms with Crippen LogP contribution in [0.5, 0.6) is 0 Å². The fourth-order valence-electron chi connectivity index (χ4n) is 2.05. The molecule has 0 aliphatic rings. The Bertz CT molecular complexity index is 966. The molecule has 3 aromatic rings. The average Bonchev–Trinajstić information content (AvgIpc) is 2.63. The van der Waals surface area contributed by atoms with Crippen LogP contribution in [0, 0.1) is 0 Å². The number of nitrogens with zero attached hydrogens (tertiary/aromatic N) is 3. The predicted octanol–water partition coefficient (Wildman–Crippen LogP) is 1.98. The number of hydrazone groups is 1. The minimum atomic E-state index is -0.993. The highest BCUT2D eigenvalue weighted by Gasteiger charge is 2.06. The molecule has 8 heteroatoms. The number of anilines is 1. The van der Waals surface area contributed by atoms with Crippen molar-refractivity contribution in [2.75, 3.05) is 5.43 Å². The molecule has 0 fully saturated rings. The monoisotopic (exact) mass is 335 g/mol. The molecule has 0 saturated heterocycles. The molecule has 0 aliphatic heterocycles. The van der Waals surface area contributed by atoms with Gasteiger partial charge in [0.2, 0.25) is 5.95 Å². The van der Waals surface area contributed by atoms with Crippen molar-refractivity contribution in [3.8, 4) is 11.3 Å². The Hall–Kier alpha value is -3.81. The first-order valence-electron chi connectivity index (χ1n) is 7.28. The third-order valence-corrected chi connectivity index (χ3v) is 3.29. The fourth-order valence-corrected chi connectivity index (χ4v) is 2.05. The van der Waals surface area contributed by atoms with Crippen LogP contribution in [-0.4, -0.2) is 32.5 Å². The number of carboxylic acids is 1. The molecule has 0 atom stereocenters. The van der Waals surface area contributed by atoms with Crippen LogP contribution >= 0.6 is 0 Å². The van der Waals surface area contributed by atoms with E-state index in [4.69, 9.17) is 5.11 Å². The van der Waals surface area contributed by atoms with Gasteiger partial charge in [-0.3, -0.25) is 9.78 Å². The standard InChI is InChI=1S/C17H13N5O3/c23-15-14(12-4-2-1-3-5-12)20-22-17(19-15)21-18-10-11-6-8-13(9-7-11)16(24)25/h1-10H,(H,24,25)(H2,19,21,22,23)/b18-10-. The summed E-state index contributed by atoms with van der Waals surface area (Å²) in [6.07, 6.45) is 1.47. The summed E-state index contributed by atoms with van der Waals surface area (Å²) in [5.74, 6) is -0.893. The third kappa shape index (κ3) is 3.94. The Balaban J connectivity index is 1.70. The summed E-state index contributed by atoms with van der Waals surface area (Å²) in [7, 11) is 0. The molecule has 0 amide bonds. The van der Waals surface area contributed by atoms with Gasteiger partial charge in [0.05, 0.1) is 11.8 Å². The summed E-state index contributed by atoms with van der Waals surface area (Å²) >= 11 is 0. The van der Waals surface area contributed by atoms with Crippen LogP contribution in [0.4, 0.5) is 5.95 Å². The van der Waals surface area contributed by atoms with Crippen LogP contribution < -0.4 is 11.0 Å². The zero-order chi connectivity index (χ0) is 17.6. The van der Waals surface area contributed by atoms with Crippen molar-refractivity contribution in [1.82, 2.24) is 15.2 Å². The number of aromatic amines is 1. The molecular formula is C17H13N5O3. The lowest BCUT2D eigenvalue weighted by atomic mass is 10.1. The second-order valence-electron chi connectivity index (χ2n) is 5.01. The van der Waals surface area contributed by atoms with E-state index in [1.807, 2.05) is 18.2 Å². The molecule has 1 aromatic heterocycles. The lowest BCUT2D eigenvalue weighted by Gasteiger charge is -2.01. The Labute approximate surface area is 141 Å². The van der Waals surface area contributed by atoms with Crippen molar-refractivity contribution in [1.29, 1.82) is 0 Å². The zero-order valence-electron chi connectivity index (χ0n) is 12.9. The minimum Gasteiger partial charge on any atom is -0.478 e. The molecule has 0 aliphatic carbocycles. The molecule has 1 heterocycles. The van der Waals surface area contributed by atoms with E-state index in [1.54, 1.807) is 24.3 Å². The van der Waals surface area contributed by atoms with Crippen molar-refractivity contribution < 1.29 is 9.90 Å². The molecule has 0 saturated carbocycles. The molecule has 124 valence electrons. The molecule has 0 bridgehead atoms. The molecule has 3 N–H and O–H groups in total. The number of benzene rings is 2. The zero-order valence-corrected chi connectivity index (χ0v) is 12.9. The van der Waals surface area contributed by atoms with Gasteiger partial charge >= 0.3 is 5.97 Å². The van der Waals surface area contributed by atoms with Gasteiger partial charge in [-0.25, -0.2) is 10.2 Å². The summed E-state index contributed by atoms with van der Waals surface area (Å²) in [6.45, 7) is 0. The number of H-pyrrole nitrogens is 1. The molecular weight excluding hydrogens is 322 g/mol. The number of carboxylic acid groups (broad SMARTS) is 1. The van der Waals surface area contributed by atoms with E-state index in [0.717, 1.165) is 0 Å². The van der Waals surface area contributed by atoms with E-state index in [0.29, 0.717) is 11.1 Å². The van der Waals surface area contributed by atoms with Gasteiger partial charge in [0.25, 0.3) is 5.56 Å². The highest BCUT2D eigenvalue weighted by molar-refractivity contribution is 5.89. The molecule has 0 spiro atoms. The Kier molecular flexibility index (Phi) is 4.61. The largest absolute Gasteiger partial charge is 0.478 e. The van der Waals surface area contributed by atoms with E-state index in [2.05, 4.69) is 25.7 Å². The first-order valence-corrected chi connectivity index (χ1v) is 7.28. The molecule has 25 heavy (non-hydrogen) atoms. The van der Waals surface area contributed by atoms with Crippen molar-refractivity contribution in [3.05, 3.63) is 76.1 Å². The smallest absolute Gasteiger partial charge is 0.335 e. The van der Waals surface area contributed by atoms with Gasteiger partial charge in [-0.05, 0) is 17.7 Å². The SMILES string of the molecule is O=C(O)c1ccc(/C=N\Nc2nnc(-c3ccccc3)c(=O)[nH]2)cc1. The fraction of sp³-hybridized carbons (Fsp3) is 0. The Morgan fingerprint density at radius 1 is 1.08 bits per heavy atom. The maximum absolute atomic E-state index is 12.1. The van der Waals surface area contributed by atoms with E-state index in [-0.39, 0.29) is 22.8 Å². The van der Waals surface area contributed by atoms with Crippen LogP contribution in [0.15, 0.2) is 64.5 Å². The summed E-state index contributed by atoms with van der Waals surface area (Å²) in [5.41, 5.74) is 3.96. The number of hydrogen-bond donors (Lipinski definition) is 3. The quantitative estimate of drug-likeness (QED) is 0.484. The van der Waals surface area contributed by atoms with Gasteiger partial charge in [0.15, 0.2) is 5.69 Å². The number of aromatic nitrogens is 3. The van der Waals surface area contributed by atoms with E-state index < -0.39 is 5.97 Å². The highest BCUT2D eigenvalue weighted by atomic mass is 16.4. The first-order chi connectivity index (χ1) is 12.1. The summed E-state index contributed by atoms with van der Waals surface area (Å²) < 4.78 is 0. The Morgan fingerprint density at radius 2 is 1.80 bits per heavy atom. The van der Waals surface area contributed by atoms with Crippen LogP contribution in [0.25, 0.3) is 11.3 Å². The second kappa shape index (κ2) is 7.18. The number of carbonyl (C=O) groups is 1. The molecule has 8 nitrogen and oxygen atoms in total. The normalized spacial score (nSPS) is 10.7. The molecule has 3 rings (SSSR count). The average molecular weight is 335 g/mol. The van der Waals surface area contributed by atoms with Gasteiger partial charge in [-0.15, -0.1) is 10.2 Å². The topological polar surface area (TPSA) is 120 Å². The van der Waals surface area contributed by atoms with Crippen LogP contribution in [-0.2, 0) is 0 Å². The van der Waals surface area contributed by atoms with Crippen molar-refractivity contribution in [2.45, 2.75) is 0 Å². The molecule has 0 unspecified atom stereocenters. The summed E-state index contributed by atoms with van der Waals surface area (Å²) in [5, 5.41) is 20.6. The van der Waals surface area contributed by atoms with Gasteiger partial charge < -0.3 is 5.11 Å². The Morgan fingerprint density at radius 3 is 2.44 bits per heavy atom. The minimum absolute atomic E-state index is 0.100. The van der Waals surface area contributed by atoms with Gasteiger partial charge in [0, 0.05) is 5.56 Å². The maximum atomic E-state index is 12.1. The van der Waals surface area contributed by atoms with Crippen LogP contribution in [0.1, 0.15) is 15.9 Å². The molecule has 2 aromatic carbocycles. The lowest BCUT2D eigenvalue weighted by molar-refractivity contribution is 0.0697. The van der Waals surface area contributed by atoms with Crippen molar-refractivity contribution >= 4 is 18.1 Å². The van der Waals surface area contributed by atoms with Crippen LogP contribution in [0.3, 0.4) is 0 Å². The third-order valence-electron chi connectivity index (χ3n) is 3.29. The predicted molar refractivity (Wildman–Crippen MR) is 92.7 cm³/mol. The van der Waals surface area contributed by atoms with E-state index in [9.17, 15) is 9.59 Å². The van der Waals surface area contributed by atoms with E-state index >= 15 is 0 Å². The summed E-state index contributed by atoms with van der Waals surface area (Å²) in [4.78, 5) is 25.4. The first kappa shape index (κ1) is 16.1. The lowest BCUT2D eigenvalue weighted by Crippen LogP contribution is -2.15. The van der Waals surface area contributed by atoms with Crippen LogP contribution in [0.2, 0.25) is 0 Å².